The molecule has 1 aromatic rings. The van der Waals surface area contributed by atoms with Crippen LogP contribution in [0.25, 0.3) is 0 Å². The zero-order valence-corrected chi connectivity index (χ0v) is 10.2. The van der Waals surface area contributed by atoms with Gasteiger partial charge in [0.05, 0.1) is 12.8 Å². The first-order chi connectivity index (χ1) is 8.23. The van der Waals surface area contributed by atoms with Crippen LogP contribution in [0.15, 0.2) is 12.1 Å². The van der Waals surface area contributed by atoms with Crippen molar-refractivity contribution in [2.75, 3.05) is 24.7 Å². The molecule has 4 heteroatoms. The molecule has 92 valence electrons. The quantitative estimate of drug-likeness (QED) is 0.819. The summed E-state index contributed by atoms with van der Waals surface area (Å²) in [6, 6.07) is 3.76. The highest BCUT2D eigenvalue weighted by Gasteiger charge is 2.53. The number of nitrogens with zero attached hydrogens (tertiary/aromatic N) is 1. The maximum atomic E-state index is 5.74. The number of anilines is 2. The molecule has 0 saturated heterocycles. The summed E-state index contributed by atoms with van der Waals surface area (Å²) >= 11 is 0. The predicted octanol–water partition coefficient (Wildman–Crippen LogP) is 2.27. The Bertz CT molecular complexity index is 425. The Labute approximate surface area is 102 Å². The van der Waals surface area contributed by atoms with Crippen LogP contribution in [-0.2, 0) is 0 Å². The SMILES string of the molecule is COc1nc(NCC2(C3CC3)CC2)ccc1N. The second-order valence-electron chi connectivity index (χ2n) is 5.29. The lowest BCUT2D eigenvalue weighted by molar-refractivity contribution is 0.400. The van der Waals surface area contributed by atoms with Gasteiger partial charge in [-0.15, -0.1) is 0 Å². The topological polar surface area (TPSA) is 60.2 Å². The standard InChI is InChI=1S/C13H19N3O/c1-17-12-10(14)4-5-11(16-12)15-8-13(6-7-13)9-2-3-9/h4-5,9H,2-3,6-8,14H2,1H3,(H,15,16). The van der Waals surface area contributed by atoms with Gasteiger partial charge < -0.3 is 15.8 Å². The van der Waals surface area contributed by atoms with Crippen molar-refractivity contribution in [2.24, 2.45) is 11.3 Å². The van der Waals surface area contributed by atoms with E-state index in [0.29, 0.717) is 17.0 Å². The van der Waals surface area contributed by atoms with Crippen LogP contribution in [0.3, 0.4) is 0 Å². The Kier molecular flexibility index (Phi) is 2.38. The summed E-state index contributed by atoms with van der Waals surface area (Å²) in [7, 11) is 1.59. The van der Waals surface area contributed by atoms with Crippen LogP contribution < -0.4 is 15.8 Å². The van der Waals surface area contributed by atoms with Crippen LogP contribution in [0.5, 0.6) is 5.88 Å². The molecule has 0 unspecified atom stereocenters. The number of nitrogen functional groups attached to an aromatic ring is 1. The van der Waals surface area contributed by atoms with Crippen molar-refractivity contribution in [3.05, 3.63) is 12.1 Å². The molecule has 2 aliphatic carbocycles. The number of methoxy groups -OCH3 is 1. The number of nitrogens with one attached hydrogen (secondary N) is 1. The van der Waals surface area contributed by atoms with E-state index in [4.69, 9.17) is 10.5 Å². The first kappa shape index (κ1) is 10.7. The van der Waals surface area contributed by atoms with Crippen LogP contribution in [-0.4, -0.2) is 18.6 Å². The van der Waals surface area contributed by atoms with Gasteiger partial charge >= 0.3 is 0 Å². The molecule has 0 atom stereocenters. The molecule has 2 fully saturated rings. The highest BCUT2D eigenvalue weighted by atomic mass is 16.5. The Balaban J connectivity index is 1.65. The van der Waals surface area contributed by atoms with E-state index >= 15 is 0 Å². The lowest BCUT2D eigenvalue weighted by atomic mass is 10.0. The van der Waals surface area contributed by atoms with Crippen molar-refractivity contribution in [3.63, 3.8) is 0 Å². The third kappa shape index (κ3) is 2.04. The number of rotatable bonds is 5. The third-order valence-corrected chi connectivity index (χ3v) is 4.04. The Morgan fingerprint density at radius 1 is 1.47 bits per heavy atom. The summed E-state index contributed by atoms with van der Waals surface area (Å²) in [4.78, 5) is 4.34. The number of ether oxygens (including phenoxy) is 1. The number of hydrogen-bond donors (Lipinski definition) is 2. The second-order valence-corrected chi connectivity index (χ2v) is 5.29. The van der Waals surface area contributed by atoms with Gasteiger partial charge in [-0.1, -0.05) is 0 Å². The van der Waals surface area contributed by atoms with Gasteiger partial charge in [-0.2, -0.15) is 4.98 Å². The highest BCUT2D eigenvalue weighted by molar-refractivity contribution is 5.53. The Morgan fingerprint density at radius 3 is 2.82 bits per heavy atom. The zero-order chi connectivity index (χ0) is 11.9. The maximum Gasteiger partial charge on any atom is 0.238 e. The monoisotopic (exact) mass is 233 g/mol. The predicted molar refractivity (Wildman–Crippen MR) is 68.1 cm³/mol. The van der Waals surface area contributed by atoms with Gasteiger partial charge in [-0.25, -0.2) is 0 Å². The minimum Gasteiger partial charge on any atom is -0.479 e. The number of hydrogen-bond acceptors (Lipinski definition) is 4. The molecule has 0 aromatic carbocycles. The Hall–Kier alpha value is -1.45. The van der Waals surface area contributed by atoms with Gasteiger partial charge in [0.25, 0.3) is 0 Å². The molecule has 3 rings (SSSR count). The van der Waals surface area contributed by atoms with E-state index in [2.05, 4.69) is 10.3 Å². The van der Waals surface area contributed by atoms with E-state index in [1.54, 1.807) is 7.11 Å². The fourth-order valence-corrected chi connectivity index (χ4v) is 2.57. The van der Waals surface area contributed by atoms with E-state index in [9.17, 15) is 0 Å². The van der Waals surface area contributed by atoms with Crippen LogP contribution in [0.2, 0.25) is 0 Å². The fraction of sp³-hybridized carbons (Fsp3) is 0.615. The van der Waals surface area contributed by atoms with Crippen molar-refractivity contribution >= 4 is 11.5 Å². The minimum atomic E-state index is 0.506. The summed E-state index contributed by atoms with van der Waals surface area (Å²) in [6.45, 7) is 1.04. The van der Waals surface area contributed by atoms with Crippen LogP contribution in [0.4, 0.5) is 11.5 Å². The first-order valence-electron chi connectivity index (χ1n) is 6.28. The van der Waals surface area contributed by atoms with Gasteiger partial charge in [-0.05, 0) is 49.1 Å². The average molecular weight is 233 g/mol. The smallest absolute Gasteiger partial charge is 0.238 e. The molecule has 0 aliphatic heterocycles. The molecule has 1 heterocycles. The van der Waals surface area contributed by atoms with Gasteiger partial charge in [0.15, 0.2) is 0 Å². The van der Waals surface area contributed by atoms with Gasteiger partial charge in [0.2, 0.25) is 5.88 Å². The minimum absolute atomic E-state index is 0.506. The van der Waals surface area contributed by atoms with Gasteiger partial charge in [-0.3, -0.25) is 0 Å². The van der Waals surface area contributed by atoms with E-state index < -0.39 is 0 Å². The normalized spacial score (nSPS) is 21.0. The molecular weight excluding hydrogens is 214 g/mol. The molecule has 2 saturated carbocycles. The molecule has 4 nitrogen and oxygen atoms in total. The summed E-state index contributed by atoms with van der Waals surface area (Å²) < 4.78 is 5.12. The molecule has 2 aliphatic rings. The van der Waals surface area contributed by atoms with Crippen molar-refractivity contribution in [1.29, 1.82) is 0 Å². The highest BCUT2D eigenvalue weighted by Crippen LogP contribution is 2.61. The lowest BCUT2D eigenvalue weighted by Crippen LogP contribution is -2.18. The second kappa shape index (κ2) is 3.79. The largest absolute Gasteiger partial charge is 0.479 e. The van der Waals surface area contributed by atoms with Crippen LogP contribution >= 0.6 is 0 Å². The summed E-state index contributed by atoms with van der Waals surface area (Å²) in [5.41, 5.74) is 6.90. The molecule has 0 bridgehead atoms. The Morgan fingerprint density at radius 2 is 2.24 bits per heavy atom. The molecule has 0 radical (unpaired) electrons. The summed E-state index contributed by atoms with van der Waals surface area (Å²) in [5.74, 6) is 2.33. The lowest BCUT2D eigenvalue weighted by Gasteiger charge is -2.16. The summed E-state index contributed by atoms with van der Waals surface area (Å²) in [6.07, 6.45) is 5.58. The molecule has 3 N–H and O–H groups in total. The molecule has 0 amide bonds. The maximum absolute atomic E-state index is 5.74. The van der Waals surface area contributed by atoms with E-state index in [0.717, 1.165) is 18.3 Å². The first-order valence-corrected chi connectivity index (χ1v) is 6.28. The van der Waals surface area contributed by atoms with Crippen molar-refractivity contribution in [2.45, 2.75) is 25.7 Å². The van der Waals surface area contributed by atoms with Crippen molar-refractivity contribution in [3.8, 4) is 5.88 Å². The number of pyridine rings is 1. The van der Waals surface area contributed by atoms with E-state index in [-0.39, 0.29) is 0 Å². The van der Waals surface area contributed by atoms with Crippen LogP contribution in [0.1, 0.15) is 25.7 Å². The van der Waals surface area contributed by atoms with E-state index in [1.807, 2.05) is 12.1 Å². The zero-order valence-electron chi connectivity index (χ0n) is 10.2. The molecule has 0 spiro atoms. The van der Waals surface area contributed by atoms with E-state index in [1.165, 1.54) is 25.7 Å². The third-order valence-electron chi connectivity index (χ3n) is 4.04. The molecule has 1 aromatic heterocycles. The molecular formula is C13H19N3O. The number of nitrogens with two attached hydrogens (primary N) is 1. The molecule has 17 heavy (non-hydrogen) atoms. The fourth-order valence-electron chi connectivity index (χ4n) is 2.57. The number of aromatic nitrogens is 1. The van der Waals surface area contributed by atoms with Crippen molar-refractivity contribution in [1.82, 2.24) is 4.98 Å². The van der Waals surface area contributed by atoms with Crippen molar-refractivity contribution < 1.29 is 4.74 Å². The van der Waals surface area contributed by atoms with Gasteiger partial charge in [0, 0.05) is 6.54 Å². The average Bonchev–Trinajstić information content (AvgIpc) is 3.19. The summed E-state index contributed by atoms with van der Waals surface area (Å²) in [5, 5.41) is 3.42. The van der Waals surface area contributed by atoms with Gasteiger partial charge in [0.1, 0.15) is 5.82 Å². The van der Waals surface area contributed by atoms with Crippen LogP contribution in [0, 0.1) is 11.3 Å².